The van der Waals surface area contributed by atoms with Crippen molar-refractivity contribution >= 4 is 5.91 Å². The van der Waals surface area contributed by atoms with Crippen LogP contribution in [0.5, 0.6) is 0 Å². The summed E-state index contributed by atoms with van der Waals surface area (Å²) in [6.07, 6.45) is -0.399. The number of rotatable bonds is 6. The monoisotopic (exact) mass is 301 g/mol. The molecule has 0 spiro atoms. The van der Waals surface area contributed by atoms with Gasteiger partial charge in [-0.25, -0.2) is 4.39 Å². The minimum absolute atomic E-state index is 0.0108. The lowest BCUT2D eigenvalue weighted by molar-refractivity contribution is -0.123. The Labute approximate surface area is 129 Å². The topological polar surface area (TPSA) is 49.3 Å². The number of aliphatic hydroxyl groups is 1. The lowest BCUT2D eigenvalue weighted by Crippen LogP contribution is -2.32. The molecule has 4 heteroatoms. The van der Waals surface area contributed by atoms with E-state index >= 15 is 0 Å². The third kappa shape index (κ3) is 3.92. The minimum Gasteiger partial charge on any atom is -0.386 e. The summed E-state index contributed by atoms with van der Waals surface area (Å²) in [5.74, 6) is -0.905. The molecular formula is C18H20FNO2. The van der Waals surface area contributed by atoms with Crippen LogP contribution in [0.2, 0.25) is 0 Å². The van der Waals surface area contributed by atoms with Crippen LogP contribution in [-0.2, 0) is 4.79 Å². The number of aliphatic hydroxyl groups excluding tert-OH is 1. The summed E-state index contributed by atoms with van der Waals surface area (Å²) in [7, 11) is 0. The molecular weight excluding hydrogens is 281 g/mol. The zero-order chi connectivity index (χ0) is 15.9. The molecule has 0 heterocycles. The fourth-order valence-electron chi connectivity index (χ4n) is 2.43. The second kappa shape index (κ2) is 7.71. The summed E-state index contributed by atoms with van der Waals surface area (Å²) < 4.78 is 13.6. The van der Waals surface area contributed by atoms with Gasteiger partial charge in [0.15, 0.2) is 0 Å². The van der Waals surface area contributed by atoms with Crippen LogP contribution < -0.4 is 5.32 Å². The summed E-state index contributed by atoms with van der Waals surface area (Å²) in [6.45, 7) is 1.92. The van der Waals surface area contributed by atoms with E-state index in [1.165, 1.54) is 12.1 Å². The van der Waals surface area contributed by atoms with Crippen LogP contribution in [0.3, 0.4) is 0 Å². The van der Waals surface area contributed by atoms with Gasteiger partial charge in [-0.2, -0.15) is 0 Å². The maximum Gasteiger partial charge on any atom is 0.227 e. The highest BCUT2D eigenvalue weighted by atomic mass is 19.1. The number of hydrogen-bond acceptors (Lipinski definition) is 2. The summed E-state index contributed by atoms with van der Waals surface area (Å²) in [5, 5.41) is 12.7. The van der Waals surface area contributed by atoms with Crippen LogP contribution in [0.4, 0.5) is 4.39 Å². The van der Waals surface area contributed by atoms with Crippen LogP contribution in [-0.4, -0.2) is 17.6 Å². The molecule has 0 radical (unpaired) electrons. The molecule has 116 valence electrons. The quantitative estimate of drug-likeness (QED) is 0.861. The standard InChI is InChI=1S/C18H20FNO2/c1-2-14(13-8-4-3-5-9-13)18(22)20-12-17(21)15-10-6-7-11-16(15)19/h3-11,14,17,21H,2,12H2,1H3,(H,20,22). The summed E-state index contributed by atoms with van der Waals surface area (Å²) in [5.41, 5.74) is 1.12. The predicted molar refractivity (Wildman–Crippen MR) is 83.8 cm³/mol. The molecule has 2 aromatic carbocycles. The molecule has 0 saturated carbocycles. The smallest absolute Gasteiger partial charge is 0.227 e. The van der Waals surface area contributed by atoms with Crippen LogP contribution >= 0.6 is 0 Å². The SMILES string of the molecule is CCC(C(=O)NCC(O)c1ccccc1F)c1ccccc1. The maximum absolute atomic E-state index is 13.6. The molecule has 0 aliphatic carbocycles. The Morgan fingerprint density at radius 3 is 2.41 bits per heavy atom. The first-order chi connectivity index (χ1) is 10.6. The van der Waals surface area contributed by atoms with Gasteiger partial charge < -0.3 is 10.4 Å². The predicted octanol–water partition coefficient (Wildman–Crippen LogP) is 3.17. The first kappa shape index (κ1) is 16.2. The van der Waals surface area contributed by atoms with E-state index in [1.807, 2.05) is 37.3 Å². The van der Waals surface area contributed by atoms with Gasteiger partial charge in [0.1, 0.15) is 5.82 Å². The van der Waals surface area contributed by atoms with E-state index in [-0.39, 0.29) is 23.9 Å². The zero-order valence-corrected chi connectivity index (χ0v) is 12.5. The Hall–Kier alpha value is -2.20. The van der Waals surface area contributed by atoms with E-state index < -0.39 is 11.9 Å². The molecule has 2 rings (SSSR count). The Kier molecular flexibility index (Phi) is 5.67. The van der Waals surface area contributed by atoms with Crippen molar-refractivity contribution < 1.29 is 14.3 Å². The van der Waals surface area contributed by atoms with E-state index in [0.717, 1.165) is 5.56 Å². The number of carbonyl (C=O) groups is 1. The van der Waals surface area contributed by atoms with E-state index in [4.69, 9.17) is 0 Å². The maximum atomic E-state index is 13.6. The first-order valence-corrected chi connectivity index (χ1v) is 7.38. The lowest BCUT2D eigenvalue weighted by Gasteiger charge is -2.18. The second-order valence-electron chi connectivity index (χ2n) is 5.15. The fourth-order valence-corrected chi connectivity index (χ4v) is 2.43. The molecule has 1 amide bonds. The van der Waals surface area contributed by atoms with Crippen molar-refractivity contribution in [3.05, 3.63) is 71.5 Å². The molecule has 2 N–H and O–H groups in total. The van der Waals surface area contributed by atoms with Gasteiger partial charge in [0, 0.05) is 12.1 Å². The number of carbonyl (C=O) groups excluding carboxylic acids is 1. The highest BCUT2D eigenvalue weighted by Crippen LogP contribution is 2.20. The number of benzene rings is 2. The molecule has 2 aromatic rings. The molecule has 2 unspecified atom stereocenters. The van der Waals surface area contributed by atoms with E-state index in [1.54, 1.807) is 12.1 Å². The lowest BCUT2D eigenvalue weighted by atomic mass is 9.95. The summed E-state index contributed by atoms with van der Waals surface area (Å²) >= 11 is 0. The van der Waals surface area contributed by atoms with Gasteiger partial charge in [0.2, 0.25) is 5.91 Å². The van der Waals surface area contributed by atoms with Crippen molar-refractivity contribution in [3.8, 4) is 0 Å². The van der Waals surface area contributed by atoms with Crippen molar-refractivity contribution in [1.82, 2.24) is 5.32 Å². The number of hydrogen-bond donors (Lipinski definition) is 2. The first-order valence-electron chi connectivity index (χ1n) is 7.38. The van der Waals surface area contributed by atoms with E-state index in [9.17, 15) is 14.3 Å². The Morgan fingerprint density at radius 2 is 1.77 bits per heavy atom. The van der Waals surface area contributed by atoms with E-state index in [2.05, 4.69) is 5.32 Å². The van der Waals surface area contributed by atoms with Gasteiger partial charge >= 0.3 is 0 Å². The number of halogens is 1. The van der Waals surface area contributed by atoms with Gasteiger partial charge in [-0.3, -0.25) is 4.79 Å². The Balaban J connectivity index is 1.98. The average Bonchev–Trinajstić information content (AvgIpc) is 2.55. The Morgan fingerprint density at radius 1 is 1.14 bits per heavy atom. The molecule has 0 bridgehead atoms. The molecule has 0 saturated heterocycles. The Bertz CT molecular complexity index is 615. The number of amides is 1. The van der Waals surface area contributed by atoms with Crippen molar-refractivity contribution in [3.63, 3.8) is 0 Å². The molecule has 22 heavy (non-hydrogen) atoms. The molecule has 2 atom stereocenters. The van der Waals surface area contributed by atoms with Crippen LogP contribution in [0.1, 0.15) is 36.5 Å². The normalized spacial score (nSPS) is 13.4. The van der Waals surface area contributed by atoms with Gasteiger partial charge in [-0.05, 0) is 18.1 Å². The van der Waals surface area contributed by atoms with Crippen molar-refractivity contribution in [2.24, 2.45) is 0 Å². The summed E-state index contributed by atoms with van der Waals surface area (Å²) in [4.78, 5) is 12.3. The third-order valence-corrected chi connectivity index (χ3v) is 3.66. The van der Waals surface area contributed by atoms with Crippen molar-refractivity contribution in [2.45, 2.75) is 25.4 Å². The van der Waals surface area contributed by atoms with Gasteiger partial charge in [-0.15, -0.1) is 0 Å². The van der Waals surface area contributed by atoms with Crippen LogP contribution in [0, 0.1) is 5.82 Å². The second-order valence-corrected chi connectivity index (χ2v) is 5.15. The average molecular weight is 301 g/mol. The number of nitrogens with one attached hydrogen (secondary N) is 1. The minimum atomic E-state index is -1.06. The van der Waals surface area contributed by atoms with Crippen molar-refractivity contribution in [2.75, 3.05) is 6.54 Å². The van der Waals surface area contributed by atoms with Crippen LogP contribution in [0.25, 0.3) is 0 Å². The molecule has 0 aliphatic heterocycles. The van der Waals surface area contributed by atoms with Gasteiger partial charge in [-0.1, -0.05) is 55.5 Å². The molecule has 0 fully saturated rings. The summed E-state index contributed by atoms with van der Waals surface area (Å²) in [6, 6.07) is 15.5. The molecule has 0 aliphatic rings. The van der Waals surface area contributed by atoms with E-state index in [0.29, 0.717) is 6.42 Å². The van der Waals surface area contributed by atoms with Crippen molar-refractivity contribution in [1.29, 1.82) is 0 Å². The highest BCUT2D eigenvalue weighted by molar-refractivity contribution is 5.83. The largest absolute Gasteiger partial charge is 0.386 e. The van der Waals surface area contributed by atoms with Crippen LogP contribution in [0.15, 0.2) is 54.6 Å². The fraction of sp³-hybridized carbons (Fsp3) is 0.278. The third-order valence-electron chi connectivity index (χ3n) is 3.66. The van der Waals surface area contributed by atoms with Gasteiger partial charge in [0.25, 0.3) is 0 Å². The highest BCUT2D eigenvalue weighted by Gasteiger charge is 2.20. The zero-order valence-electron chi connectivity index (χ0n) is 12.5. The molecule has 3 nitrogen and oxygen atoms in total. The van der Waals surface area contributed by atoms with Gasteiger partial charge in [0.05, 0.1) is 12.0 Å². The molecule has 0 aromatic heterocycles.